The summed E-state index contributed by atoms with van der Waals surface area (Å²) in [6, 6.07) is 0.869. The van der Waals surface area contributed by atoms with Crippen molar-refractivity contribution in [2.24, 2.45) is 0 Å². The first-order valence-electron chi connectivity index (χ1n) is 6.95. The summed E-state index contributed by atoms with van der Waals surface area (Å²) < 4.78 is 38.0. The minimum atomic E-state index is -4.53. The second-order valence-corrected chi connectivity index (χ2v) is 5.65. The maximum Gasteiger partial charge on any atom is 0.433 e. The lowest BCUT2D eigenvalue weighted by molar-refractivity contribution is -0.141. The fourth-order valence-electron chi connectivity index (χ4n) is 2.46. The van der Waals surface area contributed by atoms with Crippen molar-refractivity contribution in [3.63, 3.8) is 0 Å². The Bertz CT molecular complexity index is 475. The molecule has 0 saturated carbocycles. The van der Waals surface area contributed by atoms with Crippen LogP contribution in [0.15, 0.2) is 6.07 Å². The number of hydrogen-bond donors (Lipinski definition) is 1. The molecule has 1 N–H and O–H groups in total. The van der Waals surface area contributed by atoms with Crippen molar-refractivity contribution in [1.29, 1.82) is 0 Å². The summed E-state index contributed by atoms with van der Waals surface area (Å²) in [5.74, 6) is 0.104. The molecular weight excluding hydrogens is 305 g/mol. The van der Waals surface area contributed by atoms with Gasteiger partial charge in [-0.1, -0.05) is 6.42 Å². The predicted octanol–water partition coefficient (Wildman–Crippen LogP) is 3.44. The highest BCUT2D eigenvalue weighted by molar-refractivity contribution is 6.28. The van der Waals surface area contributed by atoms with E-state index < -0.39 is 17.2 Å². The van der Waals surface area contributed by atoms with Gasteiger partial charge < -0.3 is 10.2 Å². The molecule has 1 unspecified atom stereocenters. The molecule has 0 spiro atoms. The molecule has 1 fully saturated rings. The van der Waals surface area contributed by atoms with Gasteiger partial charge in [-0.3, -0.25) is 0 Å². The van der Waals surface area contributed by atoms with Crippen LogP contribution < -0.4 is 5.32 Å². The lowest BCUT2D eigenvalue weighted by atomic mass is 10.1. The second kappa shape index (κ2) is 6.79. The van der Waals surface area contributed by atoms with E-state index in [0.717, 1.165) is 25.7 Å². The smallest absolute Gasteiger partial charge is 0.366 e. The molecule has 1 aliphatic heterocycles. The Morgan fingerprint density at radius 3 is 2.57 bits per heavy atom. The van der Waals surface area contributed by atoms with E-state index in [0.29, 0.717) is 0 Å². The average Bonchev–Trinajstić information content (AvgIpc) is 2.37. The third-order valence-corrected chi connectivity index (χ3v) is 3.53. The molecule has 1 aromatic heterocycles. The van der Waals surface area contributed by atoms with Gasteiger partial charge in [0.2, 0.25) is 5.28 Å². The van der Waals surface area contributed by atoms with Gasteiger partial charge in [0.25, 0.3) is 0 Å². The van der Waals surface area contributed by atoms with Crippen molar-refractivity contribution in [2.75, 3.05) is 25.0 Å². The van der Waals surface area contributed by atoms with E-state index in [-0.39, 0.29) is 11.9 Å². The molecule has 0 aromatic carbocycles. The maximum atomic E-state index is 12.7. The van der Waals surface area contributed by atoms with Gasteiger partial charge >= 0.3 is 6.18 Å². The Kier molecular flexibility index (Phi) is 5.27. The molecule has 0 aliphatic carbocycles. The lowest BCUT2D eigenvalue weighted by Gasteiger charge is -2.29. The monoisotopic (exact) mass is 322 g/mol. The fourth-order valence-corrected chi connectivity index (χ4v) is 2.65. The van der Waals surface area contributed by atoms with E-state index in [4.69, 9.17) is 11.6 Å². The van der Waals surface area contributed by atoms with E-state index in [2.05, 4.69) is 20.2 Å². The van der Waals surface area contributed by atoms with Gasteiger partial charge in [0.15, 0.2) is 5.69 Å². The zero-order chi connectivity index (χ0) is 15.5. The molecule has 1 aliphatic rings. The molecule has 1 saturated heterocycles. The molecule has 8 heteroatoms. The molecular formula is C13H18ClF3N4. The quantitative estimate of drug-likeness (QED) is 0.862. The summed E-state index contributed by atoms with van der Waals surface area (Å²) in [5.41, 5.74) is -1.03. The first-order chi connectivity index (χ1) is 9.84. The Balaban J connectivity index is 1.99. The number of rotatable bonds is 4. The maximum absolute atomic E-state index is 12.7. The normalized spacial score (nSPS) is 18.5. The molecule has 1 atom stereocenters. The van der Waals surface area contributed by atoms with Crippen LogP contribution in [-0.2, 0) is 6.18 Å². The zero-order valence-electron chi connectivity index (χ0n) is 11.8. The van der Waals surface area contributed by atoms with Gasteiger partial charge in [-0.2, -0.15) is 13.2 Å². The summed E-state index contributed by atoms with van der Waals surface area (Å²) in [6.07, 6.45) is -0.942. The number of likely N-dealkylation sites (tertiary alicyclic amines) is 1. The van der Waals surface area contributed by atoms with Crippen LogP contribution in [0.4, 0.5) is 19.0 Å². The SMILES string of the molecule is CC(CN1CCCCC1)Nc1cc(C(F)(F)F)nc(Cl)n1. The van der Waals surface area contributed by atoms with Crippen molar-refractivity contribution in [1.82, 2.24) is 14.9 Å². The molecule has 0 amide bonds. The van der Waals surface area contributed by atoms with Crippen LogP contribution in [0.1, 0.15) is 31.9 Å². The highest BCUT2D eigenvalue weighted by atomic mass is 35.5. The summed E-state index contributed by atoms with van der Waals surface area (Å²) in [7, 11) is 0. The molecule has 118 valence electrons. The first-order valence-corrected chi connectivity index (χ1v) is 7.33. The Morgan fingerprint density at radius 2 is 1.95 bits per heavy atom. The highest BCUT2D eigenvalue weighted by Crippen LogP contribution is 2.29. The number of anilines is 1. The van der Waals surface area contributed by atoms with E-state index in [1.165, 1.54) is 19.3 Å². The Labute approximate surface area is 126 Å². The molecule has 2 rings (SSSR count). The van der Waals surface area contributed by atoms with Crippen molar-refractivity contribution in [3.8, 4) is 0 Å². The summed E-state index contributed by atoms with van der Waals surface area (Å²) in [5, 5.41) is 2.56. The minimum Gasteiger partial charge on any atom is -0.366 e. The fraction of sp³-hybridized carbons (Fsp3) is 0.692. The van der Waals surface area contributed by atoms with Crippen LogP contribution in [-0.4, -0.2) is 40.5 Å². The average molecular weight is 323 g/mol. The molecule has 0 bridgehead atoms. The lowest BCUT2D eigenvalue weighted by Crippen LogP contribution is -2.38. The van der Waals surface area contributed by atoms with Crippen LogP contribution in [0.2, 0.25) is 5.28 Å². The number of halogens is 4. The zero-order valence-corrected chi connectivity index (χ0v) is 12.5. The predicted molar refractivity (Wildman–Crippen MR) is 75.4 cm³/mol. The van der Waals surface area contributed by atoms with Crippen molar-refractivity contribution >= 4 is 17.4 Å². The van der Waals surface area contributed by atoms with E-state index in [1.807, 2.05) is 6.92 Å². The van der Waals surface area contributed by atoms with Crippen molar-refractivity contribution < 1.29 is 13.2 Å². The summed E-state index contributed by atoms with van der Waals surface area (Å²) >= 11 is 5.56. The number of aromatic nitrogens is 2. The number of hydrogen-bond acceptors (Lipinski definition) is 4. The van der Waals surface area contributed by atoms with Gasteiger partial charge in [-0.25, -0.2) is 9.97 Å². The van der Waals surface area contributed by atoms with Crippen LogP contribution >= 0.6 is 11.6 Å². The number of piperidine rings is 1. The standard InChI is InChI=1S/C13H18ClF3N4/c1-9(8-21-5-3-2-4-6-21)18-11-7-10(13(15,16)17)19-12(14)20-11/h7,9H,2-6,8H2,1H3,(H,18,19,20). The summed E-state index contributed by atoms with van der Waals surface area (Å²) in [4.78, 5) is 9.31. The minimum absolute atomic E-state index is 0.0184. The van der Waals surface area contributed by atoms with Gasteiger partial charge in [0.05, 0.1) is 0 Å². The number of nitrogens with zero attached hydrogens (tertiary/aromatic N) is 3. The van der Waals surface area contributed by atoms with E-state index in [1.54, 1.807) is 0 Å². The van der Waals surface area contributed by atoms with Gasteiger partial charge in [-0.05, 0) is 44.5 Å². The van der Waals surface area contributed by atoms with Crippen molar-refractivity contribution in [2.45, 2.75) is 38.4 Å². The third kappa shape index (κ3) is 5.00. The van der Waals surface area contributed by atoms with Crippen LogP contribution in [0, 0.1) is 0 Å². The van der Waals surface area contributed by atoms with Crippen LogP contribution in [0.5, 0.6) is 0 Å². The second-order valence-electron chi connectivity index (χ2n) is 5.31. The Hall–Kier alpha value is -1.08. The molecule has 21 heavy (non-hydrogen) atoms. The topological polar surface area (TPSA) is 41.0 Å². The van der Waals surface area contributed by atoms with E-state index in [9.17, 15) is 13.2 Å². The number of nitrogens with one attached hydrogen (secondary N) is 1. The van der Waals surface area contributed by atoms with Crippen LogP contribution in [0.25, 0.3) is 0 Å². The summed E-state index contributed by atoms with van der Waals surface area (Å²) in [6.45, 7) is 4.75. The molecule has 1 aromatic rings. The van der Waals surface area contributed by atoms with E-state index >= 15 is 0 Å². The molecule has 2 heterocycles. The highest BCUT2D eigenvalue weighted by Gasteiger charge is 2.33. The third-order valence-electron chi connectivity index (χ3n) is 3.36. The Morgan fingerprint density at radius 1 is 1.29 bits per heavy atom. The largest absolute Gasteiger partial charge is 0.433 e. The van der Waals surface area contributed by atoms with Gasteiger partial charge in [0.1, 0.15) is 5.82 Å². The van der Waals surface area contributed by atoms with Gasteiger partial charge in [-0.15, -0.1) is 0 Å². The van der Waals surface area contributed by atoms with Gasteiger partial charge in [0, 0.05) is 18.7 Å². The molecule has 0 radical (unpaired) electrons. The van der Waals surface area contributed by atoms with Crippen LogP contribution in [0.3, 0.4) is 0 Å². The molecule has 4 nitrogen and oxygen atoms in total. The number of alkyl halides is 3. The first kappa shape index (κ1) is 16.3. The van der Waals surface area contributed by atoms with Crippen molar-refractivity contribution in [3.05, 3.63) is 17.0 Å².